The molecular formula is C11H12N2O5. The Balaban J connectivity index is 1.91. The fourth-order valence-electron chi connectivity index (χ4n) is 2.06. The SMILES string of the molecule is C=CCN1C(=O)C(C2CO2)C(=O)N(C2CO2)C1=O. The number of ether oxygens (including phenoxy) is 2. The molecule has 0 radical (unpaired) electrons. The number of imide groups is 2. The van der Waals surface area contributed by atoms with Crippen LogP contribution in [0.5, 0.6) is 0 Å². The normalized spacial score (nSPS) is 34.9. The zero-order chi connectivity index (χ0) is 12.9. The van der Waals surface area contributed by atoms with E-state index in [1.165, 1.54) is 6.08 Å². The van der Waals surface area contributed by atoms with E-state index >= 15 is 0 Å². The quantitative estimate of drug-likeness (QED) is 0.376. The molecule has 3 atom stereocenters. The molecule has 3 unspecified atom stereocenters. The van der Waals surface area contributed by atoms with Crippen LogP contribution in [0.2, 0.25) is 0 Å². The molecule has 3 rings (SSSR count). The first-order valence-corrected chi connectivity index (χ1v) is 5.67. The molecule has 4 amide bonds. The van der Waals surface area contributed by atoms with Gasteiger partial charge in [0.15, 0.2) is 6.23 Å². The molecule has 3 heterocycles. The third kappa shape index (κ3) is 1.63. The Hall–Kier alpha value is -1.73. The van der Waals surface area contributed by atoms with Crippen LogP contribution < -0.4 is 0 Å². The number of carbonyl (C=O) groups is 3. The number of amides is 4. The van der Waals surface area contributed by atoms with E-state index in [9.17, 15) is 14.4 Å². The number of urea groups is 1. The van der Waals surface area contributed by atoms with Gasteiger partial charge in [-0.3, -0.25) is 14.5 Å². The average molecular weight is 252 g/mol. The Labute approximate surface area is 103 Å². The Bertz CT molecular complexity index is 407. The van der Waals surface area contributed by atoms with Crippen molar-refractivity contribution in [2.45, 2.75) is 12.3 Å². The zero-order valence-corrected chi connectivity index (χ0v) is 9.57. The van der Waals surface area contributed by atoms with Gasteiger partial charge in [-0.1, -0.05) is 6.08 Å². The van der Waals surface area contributed by atoms with E-state index in [1.807, 2.05) is 0 Å². The van der Waals surface area contributed by atoms with E-state index in [0.717, 1.165) is 9.80 Å². The van der Waals surface area contributed by atoms with Gasteiger partial charge in [0.05, 0.1) is 13.2 Å². The number of rotatable bonds is 4. The van der Waals surface area contributed by atoms with Crippen molar-refractivity contribution in [1.82, 2.24) is 9.80 Å². The van der Waals surface area contributed by atoms with Crippen LogP contribution in [0.3, 0.4) is 0 Å². The van der Waals surface area contributed by atoms with Gasteiger partial charge in [0.1, 0.15) is 12.0 Å². The van der Waals surface area contributed by atoms with Gasteiger partial charge in [0, 0.05) is 6.54 Å². The Kier molecular flexibility index (Phi) is 2.46. The van der Waals surface area contributed by atoms with Crippen molar-refractivity contribution in [2.75, 3.05) is 19.8 Å². The van der Waals surface area contributed by atoms with Crippen LogP contribution >= 0.6 is 0 Å². The second-order valence-electron chi connectivity index (χ2n) is 4.37. The first kappa shape index (κ1) is 11.4. The Morgan fingerprint density at radius 2 is 1.89 bits per heavy atom. The van der Waals surface area contributed by atoms with Crippen molar-refractivity contribution in [3.05, 3.63) is 12.7 Å². The van der Waals surface area contributed by atoms with Crippen LogP contribution in [0.4, 0.5) is 4.79 Å². The van der Waals surface area contributed by atoms with Crippen LogP contribution in [0.25, 0.3) is 0 Å². The van der Waals surface area contributed by atoms with Gasteiger partial charge in [0.2, 0.25) is 11.8 Å². The molecule has 3 aliphatic heterocycles. The van der Waals surface area contributed by atoms with Gasteiger partial charge in [-0.25, -0.2) is 9.69 Å². The number of carbonyl (C=O) groups excluding carboxylic acids is 3. The summed E-state index contributed by atoms with van der Waals surface area (Å²) in [6.07, 6.45) is 0.501. The predicted octanol–water partition coefficient (Wildman–Crippen LogP) is -0.666. The maximum Gasteiger partial charge on any atom is 0.335 e. The fraction of sp³-hybridized carbons (Fsp3) is 0.545. The lowest BCUT2D eigenvalue weighted by atomic mass is 10.00. The van der Waals surface area contributed by atoms with Gasteiger partial charge < -0.3 is 9.47 Å². The van der Waals surface area contributed by atoms with Crippen molar-refractivity contribution in [2.24, 2.45) is 5.92 Å². The number of barbiturate groups is 1. The standard InChI is InChI=1S/C11H12N2O5/c1-2-3-12-9(14)8(6-4-17-6)10(15)13(11(12)16)7-5-18-7/h2,6-8H,1,3-5H2. The number of hydrogen-bond acceptors (Lipinski definition) is 5. The molecule has 7 nitrogen and oxygen atoms in total. The Morgan fingerprint density at radius 1 is 1.22 bits per heavy atom. The van der Waals surface area contributed by atoms with Crippen molar-refractivity contribution in [3.63, 3.8) is 0 Å². The number of epoxide rings is 2. The van der Waals surface area contributed by atoms with Crippen LogP contribution in [0.1, 0.15) is 0 Å². The number of hydrogen-bond donors (Lipinski definition) is 0. The molecule has 0 spiro atoms. The first-order valence-electron chi connectivity index (χ1n) is 5.67. The minimum atomic E-state index is -0.924. The molecule has 0 saturated carbocycles. The third-order valence-corrected chi connectivity index (χ3v) is 3.12. The monoisotopic (exact) mass is 252 g/mol. The van der Waals surface area contributed by atoms with Crippen LogP contribution in [-0.2, 0) is 19.1 Å². The summed E-state index contributed by atoms with van der Waals surface area (Å²) in [6.45, 7) is 4.28. The molecule has 0 N–H and O–H groups in total. The van der Waals surface area contributed by atoms with Gasteiger partial charge in [-0.05, 0) is 0 Å². The molecular weight excluding hydrogens is 240 g/mol. The highest BCUT2D eigenvalue weighted by Crippen LogP contribution is 2.32. The largest absolute Gasteiger partial charge is 0.372 e. The van der Waals surface area contributed by atoms with E-state index in [4.69, 9.17) is 9.47 Å². The highest BCUT2D eigenvalue weighted by atomic mass is 16.6. The van der Waals surface area contributed by atoms with Crippen molar-refractivity contribution in [1.29, 1.82) is 0 Å². The van der Waals surface area contributed by atoms with E-state index < -0.39 is 36.1 Å². The van der Waals surface area contributed by atoms with Gasteiger partial charge >= 0.3 is 6.03 Å². The van der Waals surface area contributed by atoms with E-state index in [2.05, 4.69) is 6.58 Å². The highest BCUT2D eigenvalue weighted by molar-refractivity contribution is 6.16. The van der Waals surface area contributed by atoms with Crippen LogP contribution in [0.15, 0.2) is 12.7 Å². The lowest BCUT2D eigenvalue weighted by molar-refractivity contribution is -0.151. The highest BCUT2D eigenvalue weighted by Gasteiger charge is 2.56. The zero-order valence-electron chi connectivity index (χ0n) is 9.57. The second-order valence-corrected chi connectivity index (χ2v) is 4.37. The minimum absolute atomic E-state index is 0.0807. The maximum atomic E-state index is 12.1. The summed E-state index contributed by atoms with van der Waals surface area (Å²) in [5, 5.41) is 0. The van der Waals surface area contributed by atoms with Gasteiger partial charge in [-0.15, -0.1) is 6.58 Å². The molecule has 0 bridgehead atoms. The summed E-state index contributed by atoms with van der Waals surface area (Å²) in [5.74, 6) is -1.95. The fourth-order valence-corrected chi connectivity index (χ4v) is 2.06. The van der Waals surface area contributed by atoms with Crippen molar-refractivity contribution < 1.29 is 23.9 Å². The number of nitrogens with zero attached hydrogens (tertiary/aromatic N) is 2. The van der Waals surface area contributed by atoms with E-state index in [1.54, 1.807) is 0 Å². The molecule has 0 aromatic heterocycles. The van der Waals surface area contributed by atoms with E-state index in [0.29, 0.717) is 13.2 Å². The van der Waals surface area contributed by atoms with Crippen molar-refractivity contribution in [3.8, 4) is 0 Å². The molecule has 0 aromatic rings. The molecule has 0 aromatic carbocycles. The molecule has 18 heavy (non-hydrogen) atoms. The summed E-state index contributed by atoms with van der Waals surface area (Å²) >= 11 is 0. The molecule has 3 fully saturated rings. The third-order valence-electron chi connectivity index (χ3n) is 3.12. The molecule has 96 valence electrons. The summed E-state index contributed by atoms with van der Waals surface area (Å²) in [4.78, 5) is 38.3. The summed E-state index contributed by atoms with van der Waals surface area (Å²) < 4.78 is 10.0. The van der Waals surface area contributed by atoms with Crippen molar-refractivity contribution >= 4 is 17.8 Å². The second kappa shape index (κ2) is 3.89. The van der Waals surface area contributed by atoms with Crippen LogP contribution in [-0.4, -0.2) is 59.7 Å². The van der Waals surface area contributed by atoms with E-state index in [-0.39, 0.29) is 6.54 Å². The lowest BCUT2D eigenvalue weighted by Crippen LogP contribution is -2.61. The summed E-state index contributed by atoms with van der Waals surface area (Å²) in [7, 11) is 0. The molecule has 3 aliphatic rings. The average Bonchev–Trinajstić information content (AvgIpc) is 3.15. The molecule has 3 saturated heterocycles. The first-order chi connectivity index (χ1) is 8.65. The maximum absolute atomic E-state index is 12.1. The summed E-state index contributed by atoms with van der Waals surface area (Å²) in [5.41, 5.74) is 0. The van der Waals surface area contributed by atoms with Crippen LogP contribution in [0, 0.1) is 5.92 Å². The summed E-state index contributed by atoms with van der Waals surface area (Å²) in [6, 6.07) is -0.635. The van der Waals surface area contributed by atoms with Gasteiger partial charge in [0.25, 0.3) is 0 Å². The molecule has 0 aliphatic carbocycles. The predicted molar refractivity (Wildman–Crippen MR) is 57.1 cm³/mol. The molecule has 7 heteroatoms. The minimum Gasteiger partial charge on any atom is -0.372 e. The topological polar surface area (TPSA) is 82.8 Å². The lowest BCUT2D eigenvalue weighted by Gasteiger charge is -2.35. The Morgan fingerprint density at radius 3 is 2.39 bits per heavy atom. The van der Waals surface area contributed by atoms with Gasteiger partial charge in [-0.2, -0.15) is 0 Å². The smallest absolute Gasteiger partial charge is 0.335 e.